The Morgan fingerprint density at radius 1 is 1.19 bits per heavy atom. The van der Waals surface area contributed by atoms with Gasteiger partial charge < -0.3 is 5.32 Å². The lowest BCUT2D eigenvalue weighted by Gasteiger charge is -2.14. The van der Waals surface area contributed by atoms with Crippen molar-refractivity contribution in [2.75, 3.05) is 0 Å². The third kappa shape index (κ3) is 3.81. The molecule has 2 aromatic rings. The standard InChI is InChI=1S/C14H17F3N4/c1-10(2)21-13(19-9-20-21)8-18-7-11-5-3-4-6-12(11)14(15,16)17/h3-6,9-10,18H,7-8H2,1-2H3. The molecule has 0 radical (unpaired) electrons. The van der Waals surface area contributed by atoms with Gasteiger partial charge >= 0.3 is 6.18 Å². The number of rotatable bonds is 5. The Kier molecular flexibility index (Phi) is 4.62. The first kappa shape index (κ1) is 15.5. The summed E-state index contributed by atoms with van der Waals surface area (Å²) in [6.07, 6.45) is -2.89. The van der Waals surface area contributed by atoms with E-state index in [4.69, 9.17) is 0 Å². The first-order chi connectivity index (χ1) is 9.89. The van der Waals surface area contributed by atoms with E-state index in [2.05, 4.69) is 15.4 Å². The minimum Gasteiger partial charge on any atom is -0.306 e. The number of halogens is 3. The molecular weight excluding hydrogens is 281 g/mol. The maximum absolute atomic E-state index is 12.9. The third-order valence-corrected chi connectivity index (χ3v) is 3.06. The van der Waals surface area contributed by atoms with Crippen LogP contribution in [0, 0.1) is 0 Å². The molecule has 0 fully saturated rings. The fourth-order valence-corrected chi connectivity index (χ4v) is 2.09. The van der Waals surface area contributed by atoms with Gasteiger partial charge in [0.1, 0.15) is 12.2 Å². The van der Waals surface area contributed by atoms with Crippen LogP contribution < -0.4 is 5.32 Å². The number of alkyl halides is 3. The minimum absolute atomic E-state index is 0.126. The van der Waals surface area contributed by atoms with Gasteiger partial charge in [-0.15, -0.1) is 0 Å². The molecule has 0 saturated heterocycles. The molecule has 1 heterocycles. The molecule has 4 nitrogen and oxygen atoms in total. The van der Waals surface area contributed by atoms with Crippen molar-refractivity contribution in [2.24, 2.45) is 0 Å². The zero-order valence-corrected chi connectivity index (χ0v) is 11.9. The van der Waals surface area contributed by atoms with Gasteiger partial charge in [-0.05, 0) is 25.5 Å². The normalized spacial score (nSPS) is 12.1. The van der Waals surface area contributed by atoms with Crippen molar-refractivity contribution in [1.82, 2.24) is 20.1 Å². The highest BCUT2D eigenvalue weighted by atomic mass is 19.4. The molecular formula is C14H17F3N4. The van der Waals surface area contributed by atoms with Crippen LogP contribution in [-0.4, -0.2) is 14.8 Å². The van der Waals surface area contributed by atoms with Crippen LogP contribution >= 0.6 is 0 Å². The van der Waals surface area contributed by atoms with E-state index in [1.54, 1.807) is 10.7 Å². The van der Waals surface area contributed by atoms with Crippen molar-refractivity contribution in [3.05, 3.63) is 47.5 Å². The van der Waals surface area contributed by atoms with E-state index in [0.29, 0.717) is 12.4 Å². The number of hydrogen-bond acceptors (Lipinski definition) is 3. The molecule has 2 rings (SSSR count). The molecule has 0 aliphatic rings. The van der Waals surface area contributed by atoms with Crippen LogP contribution in [0.1, 0.15) is 36.8 Å². The summed E-state index contributed by atoms with van der Waals surface area (Å²) < 4.78 is 40.3. The highest BCUT2D eigenvalue weighted by molar-refractivity contribution is 5.29. The molecule has 0 bridgehead atoms. The molecule has 1 N–H and O–H groups in total. The highest BCUT2D eigenvalue weighted by Gasteiger charge is 2.32. The lowest BCUT2D eigenvalue weighted by atomic mass is 10.1. The monoisotopic (exact) mass is 298 g/mol. The van der Waals surface area contributed by atoms with E-state index in [0.717, 1.165) is 6.07 Å². The van der Waals surface area contributed by atoms with Crippen LogP contribution in [0.5, 0.6) is 0 Å². The number of hydrogen-bond donors (Lipinski definition) is 1. The Balaban J connectivity index is 2.03. The van der Waals surface area contributed by atoms with Gasteiger partial charge in [0.2, 0.25) is 0 Å². The number of aromatic nitrogens is 3. The average Bonchev–Trinajstić information content (AvgIpc) is 2.87. The molecule has 1 aromatic carbocycles. The van der Waals surface area contributed by atoms with E-state index >= 15 is 0 Å². The van der Waals surface area contributed by atoms with Crippen molar-refractivity contribution in [3.8, 4) is 0 Å². The van der Waals surface area contributed by atoms with Crippen molar-refractivity contribution < 1.29 is 13.2 Å². The summed E-state index contributed by atoms with van der Waals surface area (Å²) in [6.45, 7) is 4.43. The van der Waals surface area contributed by atoms with Crippen LogP contribution in [0.15, 0.2) is 30.6 Å². The molecule has 0 aliphatic heterocycles. The Hall–Kier alpha value is -1.89. The molecule has 0 unspecified atom stereocenters. The Labute approximate surface area is 121 Å². The maximum atomic E-state index is 12.9. The molecule has 7 heteroatoms. The highest BCUT2D eigenvalue weighted by Crippen LogP contribution is 2.31. The fourth-order valence-electron chi connectivity index (χ4n) is 2.09. The number of nitrogens with one attached hydrogen (secondary N) is 1. The van der Waals surface area contributed by atoms with Crippen LogP contribution in [0.2, 0.25) is 0 Å². The summed E-state index contributed by atoms with van der Waals surface area (Å²) in [6, 6.07) is 5.72. The fraction of sp³-hybridized carbons (Fsp3) is 0.429. The quantitative estimate of drug-likeness (QED) is 0.922. The average molecular weight is 298 g/mol. The second-order valence-electron chi connectivity index (χ2n) is 4.97. The molecule has 0 saturated carbocycles. The molecule has 114 valence electrons. The van der Waals surface area contributed by atoms with Crippen molar-refractivity contribution in [2.45, 2.75) is 39.2 Å². The van der Waals surface area contributed by atoms with Gasteiger partial charge in [0.25, 0.3) is 0 Å². The second kappa shape index (κ2) is 6.26. The summed E-state index contributed by atoms with van der Waals surface area (Å²) in [5.74, 6) is 0.703. The minimum atomic E-state index is -4.34. The Bertz CT molecular complexity index is 590. The summed E-state index contributed by atoms with van der Waals surface area (Å²) in [5, 5.41) is 7.07. The molecule has 21 heavy (non-hydrogen) atoms. The number of nitrogens with zero attached hydrogens (tertiary/aromatic N) is 3. The zero-order chi connectivity index (χ0) is 15.5. The second-order valence-corrected chi connectivity index (χ2v) is 4.97. The molecule has 0 spiro atoms. The van der Waals surface area contributed by atoms with Crippen LogP contribution in [0.4, 0.5) is 13.2 Å². The molecule has 1 aromatic heterocycles. The van der Waals surface area contributed by atoms with Crippen molar-refractivity contribution in [3.63, 3.8) is 0 Å². The van der Waals surface area contributed by atoms with Crippen LogP contribution in [0.25, 0.3) is 0 Å². The van der Waals surface area contributed by atoms with Crippen molar-refractivity contribution in [1.29, 1.82) is 0 Å². The smallest absolute Gasteiger partial charge is 0.306 e. The predicted molar refractivity (Wildman–Crippen MR) is 72.4 cm³/mol. The van der Waals surface area contributed by atoms with Gasteiger partial charge in [-0.25, -0.2) is 9.67 Å². The zero-order valence-electron chi connectivity index (χ0n) is 11.9. The van der Waals surface area contributed by atoms with E-state index < -0.39 is 11.7 Å². The Morgan fingerprint density at radius 3 is 2.57 bits per heavy atom. The van der Waals surface area contributed by atoms with E-state index in [-0.39, 0.29) is 18.2 Å². The largest absolute Gasteiger partial charge is 0.416 e. The summed E-state index contributed by atoms with van der Waals surface area (Å²) in [5.41, 5.74) is -0.386. The first-order valence-corrected chi connectivity index (χ1v) is 6.64. The van der Waals surface area contributed by atoms with Crippen LogP contribution in [-0.2, 0) is 19.3 Å². The lowest BCUT2D eigenvalue weighted by Crippen LogP contribution is -2.20. The van der Waals surface area contributed by atoms with E-state index in [9.17, 15) is 13.2 Å². The van der Waals surface area contributed by atoms with Gasteiger partial charge in [-0.3, -0.25) is 0 Å². The summed E-state index contributed by atoms with van der Waals surface area (Å²) in [7, 11) is 0. The maximum Gasteiger partial charge on any atom is 0.416 e. The molecule has 0 amide bonds. The van der Waals surface area contributed by atoms with Gasteiger partial charge in [0, 0.05) is 12.6 Å². The van der Waals surface area contributed by atoms with Crippen LogP contribution in [0.3, 0.4) is 0 Å². The third-order valence-electron chi connectivity index (χ3n) is 3.06. The number of benzene rings is 1. The predicted octanol–water partition coefficient (Wildman–Crippen LogP) is 3.17. The van der Waals surface area contributed by atoms with Gasteiger partial charge in [0.05, 0.1) is 12.1 Å². The Morgan fingerprint density at radius 2 is 1.90 bits per heavy atom. The molecule has 0 aliphatic carbocycles. The van der Waals surface area contributed by atoms with Gasteiger partial charge in [-0.2, -0.15) is 18.3 Å². The molecule has 0 atom stereocenters. The first-order valence-electron chi connectivity index (χ1n) is 6.64. The van der Waals surface area contributed by atoms with E-state index in [1.165, 1.54) is 18.5 Å². The van der Waals surface area contributed by atoms with Gasteiger partial charge in [0.15, 0.2) is 0 Å². The topological polar surface area (TPSA) is 42.7 Å². The van der Waals surface area contributed by atoms with Gasteiger partial charge in [-0.1, -0.05) is 18.2 Å². The summed E-state index contributed by atoms with van der Waals surface area (Å²) in [4.78, 5) is 4.11. The van der Waals surface area contributed by atoms with E-state index in [1.807, 2.05) is 13.8 Å². The lowest BCUT2D eigenvalue weighted by molar-refractivity contribution is -0.138. The SMILES string of the molecule is CC(C)n1ncnc1CNCc1ccccc1C(F)(F)F. The van der Waals surface area contributed by atoms with Crippen molar-refractivity contribution >= 4 is 0 Å². The summed E-state index contributed by atoms with van der Waals surface area (Å²) >= 11 is 0.